The lowest BCUT2D eigenvalue weighted by atomic mass is 10.1. The normalized spacial score (nSPS) is 15.0. The van der Waals surface area contributed by atoms with Gasteiger partial charge in [0, 0.05) is 45.0 Å². The standard InChI is InChI=1S/C22H27N5O/c1-26-12-14-27(15-13-26)17-20-4-2-19(3-5-20)16-24-22(28)25-21-8-6-18(7-9-21)10-11-23/h2-9H,10,12-17H2,1H3,(H2,24,25,28). The van der Waals surface area contributed by atoms with Crippen molar-refractivity contribution >= 4 is 11.7 Å². The summed E-state index contributed by atoms with van der Waals surface area (Å²) in [6.45, 7) is 5.92. The Morgan fingerprint density at radius 2 is 1.57 bits per heavy atom. The molecule has 0 aromatic heterocycles. The van der Waals surface area contributed by atoms with Crippen LogP contribution < -0.4 is 10.6 Å². The lowest BCUT2D eigenvalue weighted by Crippen LogP contribution is -2.43. The van der Waals surface area contributed by atoms with Gasteiger partial charge in [-0.1, -0.05) is 36.4 Å². The zero-order chi connectivity index (χ0) is 19.8. The second-order valence-corrected chi connectivity index (χ2v) is 7.24. The van der Waals surface area contributed by atoms with Crippen molar-refractivity contribution in [1.82, 2.24) is 15.1 Å². The number of carbonyl (C=O) groups excluding carboxylic acids is 1. The number of urea groups is 1. The Hall–Kier alpha value is -2.88. The highest BCUT2D eigenvalue weighted by Crippen LogP contribution is 2.11. The minimum absolute atomic E-state index is 0.241. The summed E-state index contributed by atoms with van der Waals surface area (Å²) in [5, 5.41) is 14.4. The topological polar surface area (TPSA) is 71.4 Å². The second kappa shape index (κ2) is 9.88. The number of piperazine rings is 1. The van der Waals surface area contributed by atoms with Crippen LogP contribution in [0.3, 0.4) is 0 Å². The molecule has 0 bridgehead atoms. The van der Waals surface area contributed by atoms with E-state index in [4.69, 9.17) is 5.26 Å². The second-order valence-electron chi connectivity index (χ2n) is 7.24. The molecule has 0 spiro atoms. The maximum Gasteiger partial charge on any atom is 0.319 e. The van der Waals surface area contributed by atoms with Crippen LogP contribution in [0, 0.1) is 11.3 Å². The first kappa shape index (κ1) is 19.9. The molecular formula is C22H27N5O. The number of nitriles is 1. The van der Waals surface area contributed by atoms with E-state index in [1.807, 2.05) is 12.1 Å². The van der Waals surface area contributed by atoms with E-state index >= 15 is 0 Å². The number of rotatable bonds is 6. The summed E-state index contributed by atoms with van der Waals surface area (Å²) in [7, 11) is 2.17. The van der Waals surface area contributed by atoms with Crippen LogP contribution in [0.4, 0.5) is 10.5 Å². The van der Waals surface area contributed by atoms with E-state index in [0.717, 1.165) is 43.9 Å². The van der Waals surface area contributed by atoms with Crippen molar-refractivity contribution in [3.8, 4) is 6.07 Å². The van der Waals surface area contributed by atoms with Crippen molar-refractivity contribution in [2.45, 2.75) is 19.5 Å². The van der Waals surface area contributed by atoms with Crippen LogP contribution in [0.2, 0.25) is 0 Å². The largest absolute Gasteiger partial charge is 0.334 e. The third-order valence-electron chi connectivity index (χ3n) is 4.97. The van der Waals surface area contributed by atoms with E-state index in [2.05, 4.69) is 57.8 Å². The quantitative estimate of drug-likeness (QED) is 0.812. The van der Waals surface area contributed by atoms with E-state index in [-0.39, 0.29) is 6.03 Å². The van der Waals surface area contributed by atoms with Crippen LogP contribution in [-0.2, 0) is 19.5 Å². The van der Waals surface area contributed by atoms with Crippen LogP contribution >= 0.6 is 0 Å². The molecule has 0 atom stereocenters. The van der Waals surface area contributed by atoms with Crippen LogP contribution in [0.1, 0.15) is 16.7 Å². The molecule has 146 valence electrons. The van der Waals surface area contributed by atoms with Gasteiger partial charge < -0.3 is 15.5 Å². The van der Waals surface area contributed by atoms with Crippen molar-refractivity contribution < 1.29 is 4.79 Å². The molecular weight excluding hydrogens is 350 g/mol. The molecule has 0 aliphatic carbocycles. The Morgan fingerprint density at radius 1 is 0.964 bits per heavy atom. The van der Waals surface area contributed by atoms with Gasteiger partial charge in [-0.3, -0.25) is 4.90 Å². The van der Waals surface area contributed by atoms with Gasteiger partial charge in [0.15, 0.2) is 0 Å². The fourth-order valence-electron chi connectivity index (χ4n) is 3.18. The highest BCUT2D eigenvalue weighted by Gasteiger charge is 2.13. The molecule has 2 amide bonds. The molecule has 3 rings (SSSR count). The van der Waals surface area contributed by atoms with E-state index in [9.17, 15) is 4.79 Å². The van der Waals surface area contributed by atoms with Crippen LogP contribution in [0.15, 0.2) is 48.5 Å². The molecule has 2 aromatic carbocycles. The number of likely N-dealkylation sites (N-methyl/N-ethyl adjacent to an activating group) is 1. The molecule has 1 heterocycles. The monoisotopic (exact) mass is 377 g/mol. The average molecular weight is 377 g/mol. The Bertz CT molecular complexity index is 802. The van der Waals surface area contributed by atoms with Crippen molar-refractivity contribution in [3.05, 3.63) is 65.2 Å². The molecule has 6 heteroatoms. The van der Waals surface area contributed by atoms with E-state index < -0.39 is 0 Å². The first-order valence-electron chi connectivity index (χ1n) is 9.62. The lowest BCUT2D eigenvalue weighted by Gasteiger charge is -2.32. The maximum atomic E-state index is 12.1. The minimum atomic E-state index is -0.241. The van der Waals surface area contributed by atoms with Crippen molar-refractivity contribution in [2.75, 3.05) is 38.5 Å². The van der Waals surface area contributed by atoms with Crippen LogP contribution in [0.5, 0.6) is 0 Å². The average Bonchev–Trinajstić information content (AvgIpc) is 2.71. The van der Waals surface area contributed by atoms with Gasteiger partial charge in [-0.2, -0.15) is 5.26 Å². The Morgan fingerprint density at radius 3 is 2.21 bits per heavy atom. The van der Waals surface area contributed by atoms with Gasteiger partial charge in [-0.05, 0) is 35.9 Å². The van der Waals surface area contributed by atoms with Gasteiger partial charge >= 0.3 is 6.03 Å². The molecule has 0 saturated carbocycles. The fraction of sp³-hybridized carbons (Fsp3) is 0.364. The molecule has 1 saturated heterocycles. The SMILES string of the molecule is CN1CCN(Cc2ccc(CNC(=O)Nc3ccc(CC#N)cc3)cc2)CC1. The lowest BCUT2D eigenvalue weighted by molar-refractivity contribution is 0.148. The molecule has 6 nitrogen and oxygen atoms in total. The summed E-state index contributed by atoms with van der Waals surface area (Å²) in [6.07, 6.45) is 0.372. The number of carbonyl (C=O) groups is 1. The summed E-state index contributed by atoms with van der Waals surface area (Å²) in [4.78, 5) is 16.9. The summed E-state index contributed by atoms with van der Waals surface area (Å²) < 4.78 is 0. The van der Waals surface area contributed by atoms with Gasteiger partial charge in [-0.15, -0.1) is 0 Å². The number of hydrogen-bond acceptors (Lipinski definition) is 4. The number of benzene rings is 2. The minimum Gasteiger partial charge on any atom is -0.334 e. The number of hydrogen-bond donors (Lipinski definition) is 2. The van der Waals surface area contributed by atoms with Crippen molar-refractivity contribution in [1.29, 1.82) is 5.26 Å². The molecule has 28 heavy (non-hydrogen) atoms. The summed E-state index contributed by atoms with van der Waals surface area (Å²) >= 11 is 0. The third kappa shape index (κ3) is 6.08. The highest BCUT2D eigenvalue weighted by molar-refractivity contribution is 5.89. The molecule has 1 fully saturated rings. The van der Waals surface area contributed by atoms with Gasteiger partial charge in [0.2, 0.25) is 0 Å². The van der Waals surface area contributed by atoms with Crippen molar-refractivity contribution in [3.63, 3.8) is 0 Å². The zero-order valence-corrected chi connectivity index (χ0v) is 16.3. The first-order chi connectivity index (χ1) is 13.6. The number of nitrogens with zero attached hydrogens (tertiary/aromatic N) is 3. The molecule has 1 aliphatic heterocycles. The van der Waals surface area contributed by atoms with Gasteiger partial charge in [0.25, 0.3) is 0 Å². The molecule has 2 N–H and O–H groups in total. The predicted octanol–water partition coefficient (Wildman–Crippen LogP) is 2.82. The van der Waals surface area contributed by atoms with Gasteiger partial charge in [0.1, 0.15) is 0 Å². The molecule has 1 aliphatic rings. The smallest absolute Gasteiger partial charge is 0.319 e. The molecule has 2 aromatic rings. The Kier molecular flexibility index (Phi) is 7.01. The van der Waals surface area contributed by atoms with Crippen LogP contribution in [0.25, 0.3) is 0 Å². The number of nitrogens with one attached hydrogen (secondary N) is 2. The number of amides is 2. The summed E-state index contributed by atoms with van der Waals surface area (Å²) in [5.74, 6) is 0. The first-order valence-corrected chi connectivity index (χ1v) is 9.62. The number of anilines is 1. The maximum absolute atomic E-state index is 12.1. The predicted molar refractivity (Wildman–Crippen MR) is 111 cm³/mol. The highest BCUT2D eigenvalue weighted by atomic mass is 16.2. The summed E-state index contributed by atoms with van der Waals surface area (Å²) in [6, 6.07) is 17.6. The fourth-order valence-corrected chi connectivity index (χ4v) is 3.18. The van der Waals surface area contributed by atoms with E-state index in [1.165, 1.54) is 5.56 Å². The molecule has 0 unspecified atom stereocenters. The van der Waals surface area contributed by atoms with Gasteiger partial charge in [-0.25, -0.2) is 4.79 Å². The van der Waals surface area contributed by atoms with E-state index in [0.29, 0.717) is 18.7 Å². The Balaban J connectivity index is 1.42. The Labute approximate surface area is 166 Å². The van der Waals surface area contributed by atoms with Gasteiger partial charge in [0.05, 0.1) is 12.5 Å². The molecule has 0 radical (unpaired) electrons. The van der Waals surface area contributed by atoms with Crippen LogP contribution in [-0.4, -0.2) is 49.1 Å². The summed E-state index contributed by atoms with van der Waals surface area (Å²) in [5.41, 5.74) is 4.02. The van der Waals surface area contributed by atoms with E-state index in [1.54, 1.807) is 12.1 Å². The zero-order valence-electron chi connectivity index (χ0n) is 16.3. The van der Waals surface area contributed by atoms with Crippen molar-refractivity contribution in [2.24, 2.45) is 0 Å². The third-order valence-corrected chi connectivity index (χ3v) is 4.97.